The highest BCUT2D eigenvalue weighted by atomic mass is 16.5. The molecule has 9 nitrogen and oxygen atoms in total. The number of carbonyl (C=O) groups excluding carboxylic acids is 1. The number of rotatable bonds is 9. The maximum atomic E-state index is 13.1. The minimum atomic E-state index is -0.515. The summed E-state index contributed by atoms with van der Waals surface area (Å²) in [6, 6.07) is -0.163. The van der Waals surface area contributed by atoms with E-state index >= 15 is 0 Å². The fourth-order valence-electron chi connectivity index (χ4n) is 14.3. The van der Waals surface area contributed by atoms with Crippen molar-refractivity contribution in [2.45, 2.75) is 137 Å². The van der Waals surface area contributed by atoms with Gasteiger partial charge in [0.25, 0.3) is 0 Å². The number of amidine groups is 1. The normalized spacial score (nSPS) is 48.7. The third kappa shape index (κ3) is 4.29. The minimum absolute atomic E-state index is 0.0252. The Balaban J connectivity index is 1.25. The van der Waals surface area contributed by atoms with Crippen LogP contribution in [0.15, 0.2) is 33.6 Å². The van der Waals surface area contributed by atoms with Gasteiger partial charge in [-0.25, -0.2) is 0 Å². The van der Waals surface area contributed by atoms with Crippen LogP contribution in [0.25, 0.3) is 0 Å². The zero-order valence-corrected chi connectivity index (χ0v) is 34.3. The average Bonchev–Trinajstić information content (AvgIpc) is 3.79. The number of primary amides is 1. The van der Waals surface area contributed by atoms with Crippen molar-refractivity contribution in [2.75, 3.05) is 34.4 Å². The number of ether oxygens (including phenoxy) is 3. The van der Waals surface area contributed by atoms with Crippen molar-refractivity contribution in [1.82, 2.24) is 4.90 Å². The molecule has 8 aliphatic rings. The van der Waals surface area contributed by atoms with E-state index in [4.69, 9.17) is 25.0 Å². The van der Waals surface area contributed by atoms with E-state index < -0.39 is 5.91 Å². The third-order valence-corrected chi connectivity index (χ3v) is 18.2. The van der Waals surface area contributed by atoms with E-state index in [1.807, 2.05) is 7.05 Å². The predicted octanol–water partition coefficient (Wildman–Crippen LogP) is 6.93. The van der Waals surface area contributed by atoms with Crippen LogP contribution < -0.4 is 5.73 Å². The summed E-state index contributed by atoms with van der Waals surface area (Å²) in [4.78, 5) is 19.9. The summed E-state index contributed by atoms with van der Waals surface area (Å²) in [6.45, 7) is 22.7. The quantitative estimate of drug-likeness (QED) is 0.206. The number of amides is 1. The number of aliphatic imine (C=N–C) groups is 1. The van der Waals surface area contributed by atoms with Gasteiger partial charge in [0.2, 0.25) is 0 Å². The van der Waals surface area contributed by atoms with Gasteiger partial charge < -0.3 is 24.8 Å². The molecule has 2 N–H and O–H groups in total. The number of hydrogen-bond donors (Lipinski definition) is 1. The Morgan fingerprint density at radius 3 is 2.52 bits per heavy atom. The summed E-state index contributed by atoms with van der Waals surface area (Å²) >= 11 is 0. The van der Waals surface area contributed by atoms with Crippen molar-refractivity contribution >= 4 is 18.1 Å². The van der Waals surface area contributed by atoms with E-state index in [-0.39, 0.29) is 55.6 Å². The van der Waals surface area contributed by atoms with Crippen LogP contribution in [0.5, 0.6) is 0 Å². The van der Waals surface area contributed by atoms with E-state index in [1.54, 1.807) is 11.9 Å². The fraction of sp³-hybridized carbons (Fsp3) is 0.837. The molecule has 8 rings (SSSR count). The molecule has 3 heterocycles. The standard InChI is InChI=1S/C43H67N5O4/c1-25(2)27(5)43-18-17-39(8)30-13-14-33-38(7)22-50-28(6)42(33,31(30)15-16-41(39)20-29(52-43)19-34(41)43)21-32(48(12)37(36(44)49)45-24-46-48)35(38)51-23-40(9,26(3)4)47(10)11/h15,20,24-28,30,32-35H,13-14,16-19,21-23H2,1-12H3,(H-,44,49)/p+1. The highest BCUT2D eigenvalue weighted by molar-refractivity contribution is 6.35. The highest BCUT2D eigenvalue weighted by Gasteiger charge is 2.77. The molecule has 5 fully saturated rings. The predicted molar refractivity (Wildman–Crippen MR) is 205 cm³/mol. The van der Waals surface area contributed by atoms with Crippen LogP contribution in [0, 0.1) is 57.2 Å². The summed E-state index contributed by atoms with van der Waals surface area (Å²) in [5, 5.41) is 4.99. The van der Waals surface area contributed by atoms with Crippen LogP contribution in [-0.2, 0) is 19.0 Å². The summed E-state index contributed by atoms with van der Waals surface area (Å²) in [5.74, 6) is 3.90. The van der Waals surface area contributed by atoms with Gasteiger partial charge in [0.05, 0.1) is 25.1 Å². The minimum Gasteiger partial charge on any atom is -0.491 e. The molecule has 0 radical (unpaired) electrons. The fourth-order valence-corrected chi connectivity index (χ4v) is 14.3. The van der Waals surface area contributed by atoms with Gasteiger partial charge in [-0.15, -0.1) is 4.59 Å². The number of likely N-dealkylation sites (N-methyl/N-ethyl adjacent to an activating group) is 2. The molecule has 1 amide bonds. The van der Waals surface area contributed by atoms with Crippen molar-refractivity contribution < 1.29 is 23.6 Å². The molecule has 0 aromatic rings. The first-order valence-electron chi connectivity index (χ1n) is 20.6. The van der Waals surface area contributed by atoms with Gasteiger partial charge in [-0.1, -0.05) is 65.2 Å². The number of carbonyl (C=O) groups is 1. The first kappa shape index (κ1) is 36.9. The molecule has 2 saturated heterocycles. The Labute approximate surface area is 313 Å². The van der Waals surface area contributed by atoms with Crippen LogP contribution in [0.3, 0.4) is 0 Å². The first-order valence-corrected chi connectivity index (χ1v) is 20.6. The van der Waals surface area contributed by atoms with Gasteiger partial charge in [0.1, 0.15) is 24.8 Å². The maximum absolute atomic E-state index is 13.1. The second-order valence-electron chi connectivity index (χ2n) is 20.4. The zero-order valence-electron chi connectivity index (χ0n) is 34.3. The van der Waals surface area contributed by atoms with Gasteiger partial charge in [-0.3, -0.25) is 4.79 Å². The molecule has 0 aromatic carbocycles. The Kier molecular flexibility index (Phi) is 8.15. The molecule has 5 aliphatic carbocycles. The summed E-state index contributed by atoms with van der Waals surface area (Å²) in [7, 11) is 6.34. The molecule has 14 atom stereocenters. The molecule has 0 aromatic heterocycles. The number of fused-ring (bicyclic) bond motifs is 3. The SMILES string of the molecule is CC(C)C(C)C12CCC3(C)C4CCC5C6(C)COC(C)C5(CC([N+]5(C)N=CN=C5C(N)=O)C6OCC(C)(C(C)C)N(C)C)C4=CCC34C=C(CC14)O2. The van der Waals surface area contributed by atoms with Gasteiger partial charge in [0.15, 0.2) is 6.34 Å². The number of quaternary nitrogens is 1. The van der Waals surface area contributed by atoms with Crippen LogP contribution in [0.4, 0.5) is 0 Å². The van der Waals surface area contributed by atoms with E-state index in [1.165, 1.54) is 18.6 Å². The lowest BCUT2D eigenvalue weighted by atomic mass is 9.35. The second kappa shape index (κ2) is 11.5. The van der Waals surface area contributed by atoms with Crippen molar-refractivity contribution in [3.8, 4) is 0 Å². The van der Waals surface area contributed by atoms with Crippen LogP contribution >= 0.6 is 0 Å². The molecule has 4 bridgehead atoms. The monoisotopic (exact) mass is 719 g/mol. The molecule has 3 aliphatic heterocycles. The maximum Gasteiger partial charge on any atom is 0.326 e. The summed E-state index contributed by atoms with van der Waals surface area (Å²) in [6.07, 6.45) is 14.3. The van der Waals surface area contributed by atoms with Crippen LogP contribution in [-0.4, -0.2) is 91.3 Å². The lowest BCUT2D eigenvalue weighted by Gasteiger charge is -2.72. The molecular formula is C43H68N5O4+. The zero-order chi connectivity index (χ0) is 37.6. The molecule has 52 heavy (non-hydrogen) atoms. The van der Waals surface area contributed by atoms with Crippen molar-refractivity contribution in [2.24, 2.45) is 73.0 Å². The smallest absolute Gasteiger partial charge is 0.326 e. The van der Waals surface area contributed by atoms with E-state index in [9.17, 15) is 4.79 Å². The lowest BCUT2D eigenvalue weighted by molar-refractivity contribution is -0.860. The largest absolute Gasteiger partial charge is 0.491 e. The van der Waals surface area contributed by atoms with Gasteiger partial charge >= 0.3 is 11.7 Å². The Hall–Kier alpha value is -2.07. The number of allylic oxidation sites excluding steroid dienone is 3. The second-order valence-corrected chi connectivity index (χ2v) is 20.4. The molecule has 9 heteroatoms. The third-order valence-electron chi connectivity index (χ3n) is 18.2. The molecule has 288 valence electrons. The van der Waals surface area contributed by atoms with Crippen molar-refractivity contribution in [1.29, 1.82) is 0 Å². The number of nitrogens with zero attached hydrogens (tertiary/aromatic N) is 4. The highest BCUT2D eigenvalue weighted by Crippen LogP contribution is 2.79. The first-order chi connectivity index (χ1) is 24.3. The van der Waals surface area contributed by atoms with E-state index in [0.29, 0.717) is 54.6 Å². The van der Waals surface area contributed by atoms with Crippen molar-refractivity contribution in [3.63, 3.8) is 0 Å². The van der Waals surface area contributed by atoms with Gasteiger partial charge in [-0.05, 0) is 101 Å². The Bertz CT molecular complexity index is 1640. The molecule has 3 saturated carbocycles. The van der Waals surface area contributed by atoms with Crippen LogP contribution in [0.2, 0.25) is 0 Å². The molecular weight excluding hydrogens is 651 g/mol. The summed E-state index contributed by atoms with van der Waals surface area (Å²) in [5.41, 5.74) is 7.24. The summed E-state index contributed by atoms with van der Waals surface area (Å²) < 4.78 is 21.4. The average molecular weight is 719 g/mol. The lowest BCUT2D eigenvalue weighted by Crippen LogP contribution is -2.76. The van der Waals surface area contributed by atoms with E-state index in [0.717, 1.165) is 32.1 Å². The van der Waals surface area contributed by atoms with Crippen LogP contribution in [0.1, 0.15) is 107 Å². The molecule has 1 spiro atoms. The van der Waals surface area contributed by atoms with Gasteiger partial charge in [-0.2, -0.15) is 4.99 Å². The number of nitrogens with two attached hydrogens (primary N) is 1. The topological polar surface area (TPSA) is 98.7 Å². The van der Waals surface area contributed by atoms with Crippen molar-refractivity contribution in [3.05, 3.63) is 23.5 Å². The van der Waals surface area contributed by atoms with Gasteiger partial charge in [0, 0.05) is 40.5 Å². The molecule has 14 unspecified atom stereocenters. The Morgan fingerprint density at radius 1 is 1.15 bits per heavy atom. The Morgan fingerprint density at radius 2 is 1.88 bits per heavy atom. The number of hydrogen-bond acceptors (Lipinski definition) is 7. The van der Waals surface area contributed by atoms with E-state index in [2.05, 4.69) is 98.5 Å².